The molecule has 6 nitrogen and oxygen atoms in total. The highest BCUT2D eigenvalue weighted by Gasteiger charge is 2.04. The van der Waals surface area contributed by atoms with E-state index in [2.05, 4.69) is 19.9 Å². The topological polar surface area (TPSA) is 91.8 Å². The van der Waals surface area contributed by atoms with Crippen LogP contribution in [0.3, 0.4) is 0 Å². The molecule has 0 bridgehead atoms. The van der Waals surface area contributed by atoms with Crippen molar-refractivity contribution in [1.82, 2.24) is 19.9 Å². The monoisotopic (exact) mass is 210 g/mol. The van der Waals surface area contributed by atoms with Gasteiger partial charge in [0.05, 0.1) is 18.3 Å². The van der Waals surface area contributed by atoms with Crippen LogP contribution < -0.4 is 0 Å². The third kappa shape index (κ3) is 1.82. The summed E-state index contributed by atoms with van der Waals surface area (Å²) in [5.74, 6) is -0.934. The highest BCUT2D eigenvalue weighted by atomic mass is 32.2. The zero-order valence-electron chi connectivity index (χ0n) is 6.97. The van der Waals surface area contributed by atoms with E-state index in [0.29, 0.717) is 10.8 Å². The molecule has 2 aromatic heterocycles. The van der Waals surface area contributed by atoms with Gasteiger partial charge >= 0.3 is 5.97 Å². The first kappa shape index (κ1) is 8.95. The lowest BCUT2D eigenvalue weighted by atomic mass is 10.6. The number of imidazole rings is 1. The lowest BCUT2D eigenvalue weighted by Gasteiger charge is -1.95. The van der Waals surface area contributed by atoms with Gasteiger partial charge in [0.2, 0.25) is 0 Å². The predicted molar refractivity (Wildman–Crippen MR) is 50.0 cm³/mol. The van der Waals surface area contributed by atoms with E-state index in [9.17, 15) is 4.79 Å². The molecular formula is C7H6N4O2S. The number of nitrogens with one attached hydrogen (secondary N) is 1. The summed E-state index contributed by atoms with van der Waals surface area (Å²) in [5.41, 5.74) is 1.29. The molecule has 7 heteroatoms. The summed E-state index contributed by atoms with van der Waals surface area (Å²) in [6.07, 6.45) is 3.10. The van der Waals surface area contributed by atoms with Crippen LogP contribution in [-0.2, 0) is 4.79 Å². The average molecular weight is 210 g/mol. The Kier molecular flexibility index (Phi) is 2.32. The van der Waals surface area contributed by atoms with E-state index >= 15 is 0 Å². The van der Waals surface area contributed by atoms with Gasteiger partial charge in [-0.25, -0.2) is 15.0 Å². The summed E-state index contributed by atoms with van der Waals surface area (Å²) in [4.78, 5) is 25.1. The number of hydrogen-bond acceptors (Lipinski definition) is 5. The van der Waals surface area contributed by atoms with Gasteiger partial charge in [-0.1, -0.05) is 11.8 Å². The summed E-state index contributed by atoms with van der Waals surface area (Å²) in [7, 11) is 0. The summed E-state index contributed by atoms with van der Waals surface area (Å²) >= 11 is 1.07. The lowest BCUT2D eigenvalue weighted by Crippen LogP contribution is -1.99. The third-order valence-electron chi connectivity index (χ3n) is 1.48. The number of carboxylic acids is 1. The number of carboxylic acid groups (broad SMARTS) is 1. The molecule has 0 saturated heterocycles. The van der Waals surface area contributed by atoms with Crippen molar-refractivity contribution in [1.29, 1.82) is 0 Å². The van der Waals surface area contributed by atoms with Crippen molar-refractivity contribution >= 4 is 28.9 Å². The van der Waals surface area contributed by atoms with Crippen LogP contribution in [0.4, 0.5) is 0 Å². The SMILES string of the molecule is O=C(O)CSc1ncc2[nH]cnc2n1. The van der Waals surface area contributed by atoms with Crippen LogP contribution in [0, 0.1) is 0 Å². The van der Waals surface area contributed by atoms with Crippen molar-refractivity contribution in [3.05, 3.63) is 12.5 Å². The number of aromatic amines is 1. The lowest BCUT2D eigenvalue weighted by molar-refractivity contribution is -0.133. The van der Waals surface area contributed by atoms with Crippen LogP contribution in [-0.4, -0.2) is 36.8 Å². The van der Waals surface area contributed by atoms with Crippen molar-refractivity contribution in [2.45, 2.75) is 5.16 Å². The van der Waals surface area contributed by atoms with Crippen molar-refractivity contribution < 1.29 is 9.90 Å². The molecule has 0 amide bonds. The van der Waals surface area contributed by atoms with Gasteiger partial charge in [-0.05, 0) is 0 Å². The molecule has 0 unspecified atom stereocenters. The predicted octanol–water partition coefficient (Wildman–Crippen LogP) is 0.530. The molecule has 0 radical (unpaired) electrons. The van der Waals surface area contributed by atoms with Crippen molar-refractivity contribution in [3.63, 3.8) is 0 Å². The van der Waals surface area contributed by atoms with Crippen LogP contribution in [0.15, 0.2) is 17.7 Å². The van der Waals surface area contributed by atoms with Gasteiger partial charge in [-0.3, -0.25) is 4.79 Å². The molecule has 72 valence electrons. The Labute approximate surface area is 82.8 Å². The number of H-pyrrole nitrogens is 1. The van der Waals surface area contributed by atoms with Gasteiger partial charge in [0.1, 0.15) is 5.52 Å². The first-order valence-corrected chi connectivity index (χ1v) is 4.75. The Morgan fingerprint density at radius 3 is 3.21 bits per heavy atom. The zero-order chi connectivity index (χ0) is 9.97. The molecule has 2 N–H and O–H groups in total. The minimum absolute atomic E-state index is 0.0457. The molecule has 0 aliphatic heterocycles. The number of aliphatic carboxylic acids is 1. The number of rotatable bonds is 3. The maximum atomic E-state index is 10.3. The number of carbonyl (C=O) groups is 1. The van der Waals surface area contributed by atoms with E-state index in [1.165, 1.54) is 6.33 Å². The minimum Gasteiger partial charge on any atom is -0.481 e. The number of hydrogen-bond donors (Lipinski definition) is 2. The largest absolute Gasteiger partial charge is 0.481 e. The quantitative estimate of drug-likeness (QED) is 0.567. The van der Waals surface area contributed by atoms with Crippen molar-refractivity contribution in [2.24, 2.45) is 0 Å². The van der Waals surface area contributed by atoms with Crippen LogP contribution in [0.2, 0.25) is 0 Å². The Morgan fingerprint density at radius 1 is 1.57 bits per heavy atom. The van der Waals surface area contributed by atoms with E-state index in [1.54, 1.807) is 6.20 Å². The highest BCUT2D eigenvalue weighted by molar-refractivity contribution is 7.99. The smallest absolute Gasteiger partial charge is 0.313 e. The van der Waals surface area contributed by atoms with E-state index in [0.717, 1.165) is 17.3 Å². The van der Waals surface area contributed by atoms with E-state index < -0.39 is 5.97 Å². The fourth-order valence-corrected chi connectivity index (χ4v) is 1.45. The van der Waals surface area contributed by atoms with E-state index in [4.69, 9.17) is 5.11 Å². The molecule has 14 heavy (non-hydrogen) atoms. The van der Waals surface area contributed by atoms with Crippen LogP contribution >= 0.6 is 11.8 Å². The second-order valence-corrected chi connectivity index (χ2v) is 3.42. The maximum absolute atomic E-state index is 10.3. The number of thioether (sulfide) groups is 1. The molecular weight excluding hydrogens is 204 g/mol. The zero-order valence-corrected chi connectivity index (χ0v) is 7.78. The summed E-state index contributed by atoms with van der Waals surface area (Å²) in [5, 5.41) is 8.87. The van der Waals surface area contributed by atoms with Crippen molar-refractivity contribution in [2.75, 3.05) is 5.75 Å². The van der Waals surface area contributed by atoms with Crippen molar-refractivity contribution in [3.8, 4) is 0 Å². The summed E-state index contributed by atoms with van der Waals surface area (Å²) in [6.45, 7) is 0. The number of aromatic nitrogens is 4. The van der Waals surface area contributed by atoms with E-state index in [-0.39, 0.29) is 5.75 Å². The maximum Gasteiger partial charge on any atom is 0.313 e. The molecule has 0 aromatic carbocycles. The molecule has 0 saturated carbocycles. The normalized spacial score (nSPS) is 10.6. The fourth-order valence-electron chi connectivity index (χ4n) is 0.916. The average Bonchev–Trinajstić information content (AvgIpc) is 2.61. The van der Waals surface area contributed by atoms with Gasteiger partial charge in [0.25, 0.3) is 0 Å². The van der Waals surface area contributed by atoms with Gasteiger partial charge in [-0.2, -0.15) is 0 Å². The highest BCUT2D eigenvalue weighted by Crippen LogP contribution is 2.14. The van der Waals surface area contributed by atoms with Gasteiger partial charge < -0.3 is 10.1 Å². The molecule has 0 aliphatic carbocycles. The van der Waals surface area contributed by atoms with Crippen LogP contribution in [0.1, 0.15) is 0 Å². The molecule has 0 aliphatic rings. The molecule has 0 spiro atoms. The fraction of sp³-hybridized carbons (Fsp3) is 0.143. The van der Waals surface area contributed by atoms with Crippen LogP contribution in [0.25, 0.3) is 11.2 Å². The molecule has 0 atom stereocenters. The van der Waals surface area contributed by atoms with E-state index in [1.807, 2.05) is 0 Å². The molecule has 2 heterocycles. The first-order valence-electron chi connectivity index (χ1n) is 3.76. The Bertz CT molecular complexity index is 469. The Hall–Kier alpha value is -1.63. The molecule has 2 rings (SSSR count). The molecule has 2 aromatic rings. The third-order valence-corrected chi connectivity index (χ3v) is 2.32. The number of nitrogens with zero attached hydrogens (tertiary/aromatic N) is 3. The summed E-state index contributed by atoms with van der Waals surface area (Å²) < 4.78 is 0. The standard InChI is InChI=1S/C7H6N4O2S/c12-5(13)2-14-7-8-1-4-6(11-7)10-3-9-4/h1,3H,2H2,(H,12,13)(H,8,9,10,11). The second kappa shape index (κ2) is 3.62. The van der Waals surface area contributed by atoms with Gasteiger partial charge in [0.15, 0.2) is 10.8 Å². The second-order valence-electron chi connectivity index (χ2n) is 2.47. The van der Waals surface area contributed by atoms with Gasteiger partial charge in [-0.15, -0.1) is 0 Å². The van der Waals surface area contributed by atoms with Crippen LogP contribution in [0.5, 0.6) is 0 Å². The molecule has 0 fully saturated rings. The van der Waals surface area contributed by atoms with Gasteiger partial charge in [0, 0.05) is 0 Å². The minimum atomic E-state index is -0.888. The Morgan fingerprint density at radius 2 is 2.43 bits per heavy atom. The number of fused-ring (bicyclic) bond motifs is 1. The summed E-state index contributed by atoms with van der Waals surface area (Å²) in [6, 6.07) is 0. The first-order chi connectivity index (χ1) is 6.75. The Balaban J connectivity index is 2.21.